The summed E-state index contributed by atoms with van der Waals surface area (Å²) in [5, 5.41) is 0.797. The number of allylic oxidation sites excluding steroid dienone is 1. The summed E-state index contributed by atoms with van der Waals surface area (Å²) in [4.78, 5) is 4.46. The molecule has 0 aromatic heterocycles. The average molecular weight is 264 g/mol. The first-order chi connectivity index (χ1) is 8.58. The maximum Gasteiger partial charge on any atom is 0.0499 e. The molecule has 0 amide bonds. The van der Waals surface area contributed by atoms with Crippen molar-refractivity contribution in [2.45, 2.75) is 46.5 Å². The lowest BCUT2D eigenvalue weighted by Crippen LogP contribution is -2.01. The van der Waals surface area contributed by atoms with Crippen LogP contribution in [0.25, 0.3) is 0 Å². The van der Waals surface area contributed by atoms with Crippen molar-refractivity contribution in [3.8, 4) is 0 Å². The summed E-state index contributed by atoms with van der Waals surface area (Å²) in [6.07, 6.45) is 4.36. The van der Waals surface area contributed by atoms with Crippen molar-refractivity contribution < 1.29 is 0 Å². The second kappa shape index (κ2) is 7.38. The smallest absolute Gasteiger partial charge is 0.0499 e. The Labute approximate surface area is 116 Å². The molecule has 98 valence electrons. The number of nitrogens with zero attached hydrogens (tertiary/aromatic N) is 1. The predicted molar refractivity (Wildman–Crippen MR) is 81.7 cm³/mol. The lowest BCUT2D eigenvalue weighted by molar-refractivity contribution is 0.795. The van der Waals surface area contributed by atoms with Gasteiger partial charge in [0.25, 0.3) is 0 Å². The molecule has 0 unspecified atom stereocenters. The number of rotatable bonds is 6. The van der Waals surface area contributed by atoms with Gasteiger partial charge in [0.1, 0.15) is 0 Å². The third-order valence-corrected chi connectivity index (χ3v) is 3.14. The molecule has 0 saturated carbocycles. The summed E-state index contributed by atoms with van der Waals surface area (Å²) in [5.41, 5.74) is 4.16. The van der Waals surface area contributed by atoms with Gasteiger partial charge < -0.3 is 0 Å². The third-order valence-electron chi connectivity index (χ3n) is 2.82. The van der Waals surface area contributed by atoms with Gasteiger partial charge >= 0.3 is 0 Å². The van der Waals surface area contributed by atoms with Crippen LogP contribution in [0.3, 0.4) is 0 Å². The summed E-state index contributed by atoms with van der Waals surface area (Å²) < 4.78 is 0. The van der Waals surface area contributed by atoms with Crippen LogP contribution in [0.1, 0.15) is 51.2 Å². The van der Waals surface area contributed by atoms with Crippen LogP contribution in [0.15, 0.2) is 35.5 Å². The lowest BCUT2D eigenvalue weighted by Gasteiger charge is -2.09. The van der Waals surface area contributed by atoms with Crippen molar-refractivity contribution in [1.82, 2.24) is 0 Å². The molecule has 1 aromatic rings. The molecule has 0 aliphatic rings. The van der Waals surface area contributed by atoms with Crippen molar-refractivity contribution in [2.24, 2.45) is 4.99 Å². The molecule has 1 aromatic carbocycles. The molecule has 0 bridgehead atoms. The van der Waals surface area contributed by atoms with Crippen LogP contribution in [0.2, 0.25) is 5.02 Å². The van der Waals surface area contributed by atoms with Crippen LogP contribution in [0, 0.1) is 0 Å². The Bertz CT molecular complexity index is 446. The highest BCUT2D eigenvalue weighted by atomic mass is 35.5. The Hall–Kier alpha value is -1.08. The predicted octanol–water partition coefficient (Wildman–Crippen LogP) is 5.42. The molecule has 0 fully saturated rings. The van der Waals surface area contributed by atoms with E-state index < -0.39 is 0 Å². The van der Waals surface area contributed by atoms with E-state index in [1.54, 1.807) is 0 Å². The van der Waals surface area contributed by atoms with Crippen molar-refractivity contribution in [1.29, 1.82) is 0 Å². The first kappa shape index (κ1) is 15.0. The molecule has 0 spiro atoms. The van der Waals surface area contributed by atoms with Crippen molar-refractivity contribution in [3.63, 3.8) is 0 Å². The Kier molecular flexibility index (Phi) is 6.14. The number of benzene rings is 1. The monoisotopic (exact) mass is 263 g/mol. The Morgan fingerprint density at radius 2 is 2.06 bits per heavy atom. The van der Waals surface area contributed by atoms with Crippen molar-refractivity contribution in [3.05, 3.63) is 46.6 Å². The van der Waals surface area contributed by atoms with Crippen LogP contribution in [-0.2, 0) is 6.42 Å². The molecular formula is C16H22ClN. The highest BCUT2D eigenvalue weighted by Crippen LogP contribution is 2.21. The summed E-state index contributed by atoms with van der Waals surface area (Å²) in [5.74, 6) is 0. The number of aliphatic imine (C=N–C) groups is 1. The standard InChI is InChI=1S/C16H22ClN/c1-5-7-8-13-9-10-14(15(17)11-13)16(6-2)18-12(3)4/h9-11H,3,5-8H2,1-2,4H3. The maximum absolute atomic E-state index is 6.35. The first-order valence-corrected chi connectivity index (χ1v) is 6.98. The van der Waals surface area contributed by atoms with E-state index in [0.717, 1.165) is 34.8 Å². The summed E-state index contributed by atoms with van der Waals surface area (Å²) in [6, 6.07) is 6.30. The molecule has 2 heteroatoms. The molecule has 18 heavy (non-hydrogen) atoms. The minimum absolute atomic E-state index is 0.797. The molecule has 0 aliphatic heterocycles. The largest absolute Gasteiger partial charge is 0.258 e. The van der Waals surface area contributed by atoms with E-state index in [4.69, 9.17) is 11.6 Å². The molecule has 1 nitrogen and oxygen atoms in total. The third kappa shape index (κ3) is 4.30. The molecule has 0 N–H and O–H groups in total. The number of hydrogen-bond acceptors (Lipinski definition) is 1. The number of aryl methyl sites for hydroxylation is 1. The van der Waals surface area contributed by atoms with Gasteiger partial charge in [-0.25, -0.2) is 0 Å². The highest BCUT2D eigenvalue weighted by Gasteiger charge is 2.07. The van der Waals surface area contributed by atoms with Crippen LogP contribution < -0.4 is 0 Å². The quantitative estimate of drug-likeness (QED) is 0.608. The van der Waals surface area contributed by atoms with E-state index in [1.807, 2.05) is 6.92 Å². The van der Waals surface area contributed by atoms with Crippen LogP contribution in [0.4, 0.5) is 0 Å². The molecule has 0 aliphatic carbocycles. The van der Waals surface area contributed by atoms with E-state index >= 15 is 0 Å². The zero-order valence-electron chi connectivity index (χ0n) is 11.6. The van der Waals surface area contributed by atoms with E-state index in [9.17, 15) is 0 Å². The van der Waals surface area contributed by atoms with Crippen LogP contribution in [-0.4, -0.2) is 5.71 Å². The number of hydrogen-bond donors (Lipinski definition) is 0. The van der Waals surface area contributed by atoms with Crippen LogP contribution >= 0.6 is 11.6 Å². The molecule has 0 radical (unpaired) electrons. The van der Waals surface area contributed by atoms with Crippen molar-refractivity contribution >= 4 is 17.3 Å². The van der Waals surface area contributed by atoms with E-state index in [2.05, 4.69) is 43.6 Å². The first-order valence-electron chi connectivity index (χ1n) is 6.60. The fourth-order valence-corrected chi connectivity index (χ4v) is 2.20. The maximum atomic E-state index is 6.35. The van der Waals surface area contributed by atoms with Gasteiger partial charge in [-0.1, -0.05) is 50.6 Å². The topological polar surface area (TPSA) is 12.4 Å². The van der Waals surface area contributed by atoms with Crippen molar-refractivity contribution in [2.75, 3.05) is 0 Å². The second-order valence-corrected chi connectivity index (χ2v) is 4.97. The summed E-state index contributed by atoms with van der Waals surface area (Å²) in [7, 11) is 0. The number of halogens is 1. The number of unbranched alkanes of at least 4 members (excludes halogenated alkanes) is 1. The summed E-state index contributed by atoms with van der Waals surface area (Å²) in [6.45, 7) is 10.0. The molecule has 0 heterocycles. The Morgan fingerprint density at radius 3 is 2.56 bits per heavy atom. The molecule has 1 rings (SSSR count). The lowest BCUT2D eigenvalue weighted by atomic mass is 10.0. The van der Waals surface area contributed by atoms with Gasteiger partial charge in [0.05, 0.1) is 0 Å². The molecule has 0 atom stereocenters. The average Bonchev–Trinajstić information content (AvgIpc) is 2.33. The van der Waals surface area contributed by atoms with Gasteiger partial charge in [-0.2, -0.15) is 0 Å². The Balaban J connectivity index is 3.00. The fourth-order valence-electron chi connectivity index (χ4n) is 1.89. The SMILES string of the molecule is C=C(C)N=C(CC)c1ccc(CCCC)cc1Cl. The second-order valence-electron chi connectivity index (χ2n) is 4.57. The normalized spacial score (nSPS) is 11.7. The van der Waals surface area contributed by atoms with Gasteiger partial charge in [-0.15, -0.1) is 0 Å². The fraction of sp³-hybridized carbons (Fsp3) is 0.438. The van der Waals surface area contributed by atoms with E-state index in [-0.39, 0.29) is 0 Å². The van der Waals surface area contributed by atoms with E-state index in [0.29, 0.717) is 0 Å². The molecule has 0 saturated heterocycles. The van der Waals surface area contributed by atoms with Gasteiger partial charge in [-0.3, -0.25) is 4.99 Å². The van der Waals surface area contributed by atoms with Gasteiger partial charge in [0.2, 0.25) is 0 Å². The zero-order valence-corrected chi connectivity index (χ0v) is 12.3. The minimum Gasteiger partial charge on any atom is -0.258 e. The Morgan fingerprint density at radius 1 is 1.33 bits per heavy atom. The minimum atomic E-state index is 0.797. The van der Waals surface area contributed by atoms with E-state index in [1.165, 1.54) is 18.4 Å². The van der Waals surface area contributed by atoms with Gasteiger partial charge in [0, 0.05) is 22.0 Å². The van der Waals surface area contributed by atoms with Gasteiger partial charge in [-0.05, 0) is 37.8 Å². The molecular weight excluding hydrogens is 242 g/mol. The summed E-state index contributed by atoms with van der Waals surface area (Å²) >= 11 is 6.35. The van der Waals surface area contributed by atoms with Crippen LogP contribution in [0.5, 0.6) is 0 Å². The highest BCUT2D eigenvalue weighted by molar-refractivity contribution is 6.34. The zero-order chi connectivity index (χ0) is 13.5. The van der Waals surface area contributed by atoms with Gasteiger partial charge in [0.15, 0.2) is 0 Å².